The number of hydrogen-bond donors (Lipinski definition) is 1. The van der Waals surface area contributed by atoms with Crippen LogP contribution in [0.15, 0.2) is 42.7 Å². The van der Waals surface area contributed by atoms with Crippen LogP contribution in [-0.2, 0) is 35.1 Å². The largest absolute Gasteiger partial charge is 0.465 e. The zero-order chi connectivity index (χ0) is 23.4. The van der Waals surface area contributed by atoms with Crippen molar-refractivity contribution in [1.82, 2.24) is 14.6 Å². The highest BCUT2D eigenvalue weighted by molar-refractivity contribution is 5.91. The van der Waals surface area contributed by atoms with Crippen molar-refractivity contribution in [2.24, 2.45) is 0 Å². The summed E-state index contributed by atoms with van der Waals surface area (Å²) in [6.07, 6.45) is -1.57. The zero-order valence-corrected chi connectivity index (χ0v) is 17.5. The molecule has 1 aromatic carbocycles. The third-order valence-electron chi connectivity index (χ3n) is 5.79. The zero-order valence-electron chi connectivity index (χ0n) is 17.5. The van der Waals surface area contributed by atoms with Crippen LogP contribution in [-0.4, -0.2) is 53.5 Å². The number of methoxy groups -OCH3 is 2. The Balaban J connectivity index is 1.73. The maximum Gasteiger partial charge on any atom is 0.338 e. The van der Waals surface area contributed by atoms with Gasteiger partial charge in [-0.25, -0.2) is 18.7 Å². The smallest absolute Gasteiger partial charge is 0.338 e. The highest BCUT2D eigenvalue weighted by Gasteiger charge is 2.72. The van der Waals surface area contributed by atoms with E-state index in [1.165, 1.54) is 49.3 Å². The minimum atomic E-state index is -2.79. The second-order valence-corrected chi connectivity index (χ2v) is 7.43. The normalized spacial score (nSPS) is 30.8. The van der Waals surface area contributed by atoms with Crippen LogP contribution in [0.3, 0.4) is 0 Å². The van der Waals surface area contributed by atoms with Crippen molar-refractivity contribution in [3.05, 3.63) is 59.5 Å². The van der Waals surface area contributed by atoms with Gasteiger partial charge in [-0.1, -0.05) is 18.2 Å². The molecule has 12 heteroatoms. The average Bonchev–Trinajstić information content (AvgIpc) is 3.53. The molecule has 0 amide bonds. The van der Waals surface area contributed by atoms with Crippen LogP contribution >= 0.6 is 0 Å². The molecule has 5 atom stereocenters. The molecule has 5 rings (SSSR count). The van der Waals surface area contributed by atoms with E-state index < -0.39 is 36.1 Å². The fourth-order valence-electron chi connectivity index (χ4n) is 4.32. The SMILES string of the molecule is COC(=O)c1ccccc1[C@@]1(F)O[C@@](C#N)(c2ccc3c(N)ncnn23)[C@@H]2OC(OC)O[C@@H]21. The molecule has 4 heterocycles. The molecular weight excluding hydrogens is 437 g/mol. The summed E-state index contributed by atoms with van der Waals surface area (Å²) in [5.41, 5.74) is 4.12. The molecule has 0 radical (unpaired) electrons. The van der Waals surface area contributed by atoms with Crippen LogP contribution < -0.4 is 5.73 Å². The molecule has 2 N–H and O–H groups in total. The van der Waals surface area contributed by atoms with E-state index in [9.17, 15) is 10.1 Å². The minimum absolute atomic E-state index is 0.0916. The molecule has 2 aliphatic heterocycles. The highest BCUT2D eigenvalue weighted by atomic mass is 19.2. The summed E-state index contributed by atoms with van der Waals surface area (Å²) in [6.45, 7) is -1.28. The number of nitrogen functional groups attached to an aromatic ring is 1. The number of benzene rings is 1. The van der Waals surface area contributed by atoms with Gasteiger partial charge in [-0.3, -0.25) is 0 Å². The van der Waals surface area contributed by atoms with Crippen molar-refractivity contribution in [2.45, 2.75) is 30.1 Å². The first-order chi connectivity index (χ1) is 15.9. The molecule has 11 nitrogen and oxygen atoms in total. The molecule has 0 bridgehead atoms. The first kappa shape index (κ1) is 21.2. The Labute approximate surface area is 186 Å². The predicted octanol–water partition coefficient (Wildman–Crippen LogP) is 1.38. The van der Waals surface area contributed by atoms with E-state index in [0.717, 1.165) is 0 Å². The van der Waals surface area contributed by atoms with Gasteiger partial charge in [0, 0.05) is 12.7 Å². The van der Waals surface area contributed by atoms with E-state index in [1.807, 2.05) is 6.07 Å². The number of nitriles is 1. The maximum atomic E-state index is 16.9. The molecule has 2 aromatic heterocycles. The summed E-state index contributed by atoms with van der Waals surface area (Å²) >= 11 is 0. The predicted molar refractivity (Wildman–Crippen MR) is 107 cm³/mol. The summed E-state index contributed by atoms with van der Waals surface area (Å²) in [4.78, 5) is 16.3. The van der Waals surface area contributed by atoms with Crippen LogP contribution in [0.2, 0.25) is 0 Å². The first-order valence-electron chi connectivity index (χ1n) is 9.80. The number of aromatic nitrogens is 3. The fraction of sp³-hybridized carbons (Fsp3) is 0.333. The number of carbonyl (C=O) groups is 1. The second-order valence-electron chi connectivity index (χ2n) is 7.43. The standard InChI is InChI=1S/C21H18FN5O6/c1-29-18(28)11-5-3-4-6-12(11)21(22)16-15(31-19(30-2)32-16)20(9-23,33-21)14-8-7-13-17(24)25-10-26-27(13)14/h3-8,10,15-16,19H,1-2H3,(H2,24,25,26)/t15-,16+,19?,20+,21-/m1/s1. The number of nitrogens with zero attached hydrogens (tertiary/aromatic N) is 4. The van der Waals surface area contributed by atoms with Gasteiger partial charge in [-0.2, -0.15) is 10.4 Å². The van der Waals surface area contributed by atoms with E-state index in [-0.39, 0.29) is 22.6 Å². The third-order valence-corrected chi connectivity index (χ3v) is 5.79. The summed E-state index contributed by atoms with van der Waals surface area (Å²) in [7, 11) is 2.48. The van der Waals surface area contributed by atoms with Crippen LogP contribution in [0.5, 0.6) is 0 Å². The van der Waals surface area contributed by atoms with Gasteiger partial charge in [0.05, 0.1) is 18.4 Å². The van der Waals surface area contributed by atoms with E-state index >= 15 is 4.39 Å². The third kappa shape index (κ3) is 2.84. The Morgan fingerprint density at radius 2 is 2.00 bits per heavy atom. The maximum absolute atomic E-state index is 16.9. The fourth-order valence-corrected chi connectivity index (χ4v) is 4.32. The van der Waals surface area contributed by atoms with E-state index in [2.05, 4.69) is 10.1 Å². The van der Waals surface area contributed by atoms with Gasteiger partial charge in [0.25, 0.3) is 12.3 Å². The molecule has 2 saturated heterocycles. The lowest BCUT2D eigenvalue weighted by molar-refractivity contribution is -0.296. The molecule has 0 saturated carbocycles. The minimum Gasteiger partial charge on any atom is -0.465 e. The quantitative estimate of drug-likeness (QED) is 0.573. The molecule has 2 aliphatic rings. The Kier molecular flexibility index (Phi) is 4.80. The van der Waals surface area contributed by atoms with Crippen LogP contribution in [0, 0.1) is 11.3 Å². The number of alkyl halides is 1. The van der Waals surface area contributed by atoms with Gasteiger partial charge in [0.1, 0.15) is 24.0 Å². The second kappa shape index (κ2) is 7.46. The van der Waals surface area contributed by atoms with Crippen molar-refractivity contribution in [1.29, 1.82) is 5.26 Å². The number of hydrogen-bond acceptors (Lipinski definition) is 10. The number of anilines is 1. The van der Waals surface area contributed by atoms with Gasteiger partial charge in [-0.05, 0) is 18.2 Å². The van der Waals surface area contributed by atoms with Crippen molar-refractivity contribution < 1.29 is 32.9 Å². The Hall–Kier alpha value is -3.63. The van der Waals surface area contributed by atoms with Gasteiger partial charge in [-0.15, -0.1) is 0 Å². The molecule has 0 aliphatic carbocycles. The van der Waals surface area contributed by atoms with Crippen molar-refractivity contribution in [3.63, 3.8) is 0 Å². The topological polar surface area (TPSA) is 143 Å². The van der Waals surface area contributed by atoms with Gasteiger partial charge in [0.15, 0.2) is 11.9 Å². The number of esters is 1. The van der Waals surface area contributed by atoms with Gasteiger partial charge >= 0.3 is 5.97 Å². The number of halogens is 1. The number of carbonyl (C=O) groups excluding carboxylic acids is 1. The van der Waals surface area contributed by atoms with Crippen molar-refractivity contribution in [3.8, 4) is 6.07 Å². The molecular formula is C21H18FN5O6. The van der Waals surface area contributed by atoms with Crippen LogP contribution in [0.4, 0.5) is 10.2 Å². The van der Waals surface area contributed by atoms with E-state index in [4.69, 9.17) is 29.4 Å². The number of fused-ring (bicyclic) bond motifs is 2. The molecule has 0 spiro atoms. The molecule has 1 unspecified atom stereocenters. The monoisotopic (exact) mass is 455 g/mol. The summed E-state index contributed by atoms with van der Waals surface area (Å²) in [5, 5.41) is 14.5. The Bertz CT molecular complexity index is 1290. The van der Waals surface area contributed by atoms with Crippen molar-refractivity contribution >= 4 is 17.3 Å². The van der Waals surface area contributed by atoms with E-state index in [0.29, 0.717) is 5.52 Å². The van der Waals surface area contributed by atoms with Crippen LogP contribution in [0.1, 0.15) is 21.6 Å². The highest BCUT2D eigenvalue weighted by Crippen LogP contribution is 2.56. The first-order valence-corrected chi connectivity index (χ1v) is 9.80. The summed E-state index contributed by atoms with van der Waals surface area (Å²) in [5.74, 6) is -3.42. The van der Waals surface area contributed by atoms with Crippen LogP contribution in [0.25, 0.3) is 5.52 Å². The van der Waals surface area contributed by atoms with Crippen molar-refractivity contribution in [2.75, 3.05) is 20.0 Å². The number of ether oxygens (including phenoxy) is 5. The molecule has 33 heavy (non-hydrogen) atoms. The average molecular weight is 455 g/mol. The summed E-state index contributed by atoms with van der Waals surface area (Å²) < 4.78 is 45.4. The molecule has 3 aromatic rings. The Morgan fingerprint density at radius 1 is 1.24 bits per heavy atom. The van der Waals surface area contributed by atoms with Gasteiger partial charge < -0.3 is 29.4 Å². The Morgan fingerprint density at radius 3 is 2.73 bits per heavy atom. The molecule has 2 fully saturated rings. The van der Waals surface area contributed by atoms with Gasteiger partial charge in [0.2, 0.25) is 5.60 Å². The summed E-state index contributed by atoms with van der Waals surface area (Å²) in [6, 6.07) is 10.9. The number of rotatable bonds is 4. The lowest BCUT2D eigenvalue weighted by Crippen LogP contribution is -2.40. The van der Waals surface area contributed by atoms with E-state index in [1.54, 1.807) is 12.1 Å². The molecule has 170 valence electrons. The lowest BCUT2D eigenvalue weighted by atomic mass is 9.89. The number of nitrogens with two attached hydrogens (primary N) is 1. The lowest BCUT2D eigenvalue weighted by Gasteiger charge is -2.29.